The van der Waals surface area contributed by atoms with E-state index in [0.29, 0.717) is 21.3 Å². The number of aromatic nitrogens is 1. The standard InChI is InChI=1S/C14H10ClNO2/c15-10-4-1-3-9(7-10)14-13-11(5-2-6-16-13)12(17)8-18-14/h1-7,17H,8H2. The van der Waals surface area contributed by atoms with Crippen molar-refractivity contribution in [3.8, 4) is 0 Å². The summed E-state index contributed by atoms with van der Waals surface area (Å²) in [5, 5.41) is 11.8. The molecule has 0 amide bonds. The molecule has 1 aromatic heterocycles. The third-order valence-corrected chi connectivity index (χ3v) is 3.01. The minimum atomic E-state index is 0.153. The van der Waals surface area contributed by atoms with E-state index in [1.54, 1.807) is 18.3 Å². The van der Waals surface area contributed by atoms with Crippen LogP contribution in [0.1, 0.15) is 5.56 Å². The Labute approximate surface area is 109 Å². The van der Waals surface area contributed by atoms with Crippen molar-refractivity contribution in [2.75, 3.05) is 6.61 Å². The molecule has 3 nitrogen and oxygen atoms in total. The Morgan fingerprint density at radius 3 is 2.94 bits per heavy atom. The summed E-state index contributed by atoms with van der Waals surface area (Å²) >= 11 is 5.98. The highest BCUT2D eigenvalue weighted by Gasteiger charge is 2.14. The molecule has 1 aliphatic heterocycles. The molecule has 0 spiro atoms. The first-order valence-corrected chi connectivity index (χ1v) is 5.90. The largest absolute Gasteiger partial charge is 0.508 e. The molecule has 0 atom stereocenters. The Morgan fingerprint density at radius 1 is 1.22 bits per heavy atom. The van der Waals surface area contributed by atoms with Crippen molar-refractivity contribution in [2.24, 2.45) is 0 Å². The molecule has 0 radical (unpaired) electrons. The van der Waals surface area contributed by atoms with E-state index >= 15 is 0 Å². The molecule has 2 aromatic rings. The molecule has 0 saturated heterocycles. The minimum absolute atomic E-state index is 0.153. The van der Waals surface area contributed by atoms with Crippen molar-refractivity contribution in [1.29, 1.82) is 0 Å². The molecule has 18 heavy (non-hydrogen) atoms. The summed E-state index contributed by atoms with van der Waals surface area (Å²) in [6, 6.07) is 11.0. The monoisotopic (exact) mass is 259 g/mol. The van der Waals surface area contributed by atoms with Crippen LogP contribution in [0, 0.1) is 0 Å². The summed E-state index contributed by atoms with van der Waals surface area (Å²) in [4.78, 5) is 4.27. The lowest BCUT2D eigenvalue weighted by atomic mass is 10.1. The van der Waals surface area contributed by atoms with E-state index in [1.165, 1.54) is 0 Å². The molecule has 4 heteroatoms. The molecule has 1 N–H and O–H groups in total. The first-order chi connectivity index (χ1) is 8.75. The number of rotatable bonds is 1. The number of fused-ring (bicyclic) bond motifs is 1. The second kappa shape index (κ2) is 4.35. The number of halogens is 1. The van der Waals surface area contributed by atoms with Gasteiger partial charge in [0.15, 0.2) is 5.76 Å². The number of ether oxygens (including phenoxy) is 1. The van der Waals surface area contributed by atoms with Crippen LogP contribution >= 0.6 is 11.6 Å². The van der Waals surface area contributed by atoms with Crippen LogP contribution in [-0.4, -0.2) is 16.7 Å². The predicted octanol–water partition coefficient (Wildman–Crippen LogP) is 1.59. The van der Waals surface area contributed by atoms with Crippen LogP contribution in [0.25, 0.3) is 11.5 Å². The van der Waals surface area contributed by atoms with Crippen LogP contribution in [0.15, 0.2) is 42.6 Å². The van der Waals surface area contributed by atoms with Gasteiger partial charge >= 0.3 is 0 Å². The van der Waals surface area contributed by atoms with E-state index in [0.717, 1.165) is 5.56 Å². The number of hydrogen-bond donors (Lipinski definition) is 1. The van der Waals surface area contributed by atoms with Gasteiger partial charge < -0.3 is 9.84 Å². The van der Waals surface area contributed by atoms with E-state index in [9.17, 15) is 5.11 Å². The summed E-state index contributed by atoms with van der Waals surface area (Å²) < 4.78 is 5.57. The smallest absolute Gasteiger partial charge is 0.153 e. The fourth-order valence-electron chi connectivity index (χ4n) is 1.96. The Bertz CT molecular complexity index is 725. The first kappa shape index (κ1) is 11.1. The fourth-order valence-corrected chi connectivity index (χ4v) is 2.15. The maximum Gasteiger partial charge on any atom is 0.153 e. The summed E-state index contributed by atoms with van der Waals surface area (Å²) in [7, 11) is 0. The summed E-state index contributed by atoms with van der Waals surface area (Å²) in [6.45, 7) is 0.153. The van der Waals surface area contributed by atoms with Gasteiger partial charge in [-0.3, -0.25) is 4.98 Å². The maximum absolute atomic E-state index is 9.79. The van der Waals surface area contributed by atoms with Crippen LogP contribution in [0.5, 0.6) is 0 Å². The van der Waals surface area contributed by atoms with Gasteiger partial charge in [0.2, 0.25) is 0 Å². The highest BCUT2D eigenvalue weighted by molar-refractivity contribution is 6.30. The van der Waals surface area contributed by atoms with Gasteiger partial charge in [0.25, 0.3) is 0 Å². The molecule has 0 aliphatic carbocycles. The van der Waals surface area contributed by atoms with Gasteiger partial charge in [-0.2, -0.15) is 0 Å². The van der Waals surface area contributed by atoms with E-state index in [2.05, 4.69) is 4.98 Å². The molecule has 1 aromatic carbocycles. The molecule has 0 fully saturated rings. The third kappa shape index (κ3) is 1.83. The van der Waals surface area contributed by atoms with Gasteiger partial charge in [-0.25, -0.2) is 0 Å². The van der Waals surface area contributed by atoms with Crippen LogP contribution in [0.4, 0.5) is 0 Å². The molecule has 2 heterocycles. The molecule has 0 unspecified atom stereocenters. The van der Waals surface area contributed by atoms with Crippen LogP contribution in [0.3, 0.4) is 0 Å². The zero-order valence-electron chi connectivity index (χ0n) is 9.43. The number of pyridine rings is 1. The molecule has 0 saturated carbocycles. The lowest BCUT2D eigenvalue weighted by Gasteiger charge is -2.15. The van der Waals surface area contributed by atoms with Gasteiger partial charge in [0, 0.05) is 22.0 Å². The SMILES string of the molecule is OC1=c2cccnc2=C(c2cccc(Cl)c2)OC1. The number of aliphatic hydroxyl groups excluding tert-OH is 1. The van der Waals surface area contributed by atoms with Crippen LogP contribution < -0.4 is 10.6 Å². The average molecular weight is 260 g/mol. The fraction of sp³-hybridized carbons (Fsp3) is 0.0714. The van der Waals surface area contributed by atoms with E-state index in [-0.39, 0.29) is 12.4 Å². The normalized spacial score (nSPS) is 14.1. The van der Waals surface area contributed by atoms with Crippen molar-refractivity contribution < 1.29 is 9.84 Å². The Hall–Kier alpha value is -2.00. The average Bonchev–Trinajstić information content (AvgIpc) is 2.39. The number of benzene rings is 1. The quantitative estimate of drug-likeness (QED) is 0.846. The summed E-state index contributed by atoms with van der Waals surface area (Å²) in [5.74, 6) is 0.842. The summed E-state index contributed by atoms with van der Waals surface area (Å²) in [5.41, 5.74) is 0.856. The second-order valence-corrected chi connectivity index (χ2v) is 4.41. The van der Waals surface area contributed by atoms with E-state index < -0.39 is 0 Å². The zero-order chi connectivity index (χ0) is 12.5. The lowest BCUT2D eigenvalue weighted by Crippen LogP contribution is -2.37. The zero-order valence-corrected chi connectivity index (χ0v) is 10.2. The Kier molecular flexibility index (Phi) is 2.68. The molecule has 0 bridgehead atoms. The van der Waals surface area contributed by atoms with Gasteiger partial charge in [0.05, 0.1) is 0 Å². The van der Waals surface area contributed by atoms with Crippen molar-refractivity contribution in [3.63, 3.8) is 0 Å². The number of nitrogens with zero attached hydrogens (tertiary/aromatic N) is 1. The molecular formula is C14H10ClNO2. The van der Waals surface area contributed by atoms with Gasteiger partial charge in [0.1, 0.15) is 17.7 Å². The van der Waals surface area contributed by atoms with Crippen LogP contribution in [0.2, 0.25) is 5.02 Å². The van der Waals surface area contributed by atoms with Crippen molar-refractivity contribution >= 4 is 23.1 Å². The molecular weight excluding hydrogens is 250 g/mol. The van der Waals surface area contributed by atoms with Gasteiger partial charge in [-0.05, 0) is 24.3 Å². The van der Waals surface area contributed by atoms with E-state index in [4.69, 9.17) is 16.3 Å². The van der Waals surface area contributed by atoms with Crippen molar-refractivity contribution in [1.82, 2.24) is 4.98 Å². The topological polar surface area (TPSA) is 42.4 Å². The molecule has 1 aliphatic rings. The number of hydrogen-bond acceptors (Lipinski definition) is 3. The van der Waals surface area contributed by atoms with Gasteiger partial charge in [-0.1, -0.05) is 23.7 Å². The van der Waals surface area contributed by atoms with Crippen molar-refractivity contribution in [3.05, 3.63) is 63.7 Å². The predicted molar refractivity (Wildman–Crippen MR) is 69.4 cm³/mol. The second-order valence-electron chi connectivity index (χ2n) is 3.97. The highest BCUT2D eigenvalue weighted by Crippen LogP contribution is 2.18. The van der Waals surface area contributed by atoms with Gasteiger partial charge in [-0.15, -0.1) is 0 Å². The number of aliphatic hydroxyl groups is 1. The van der Waals surface area contributed by atoms with E-state index in [1.807, 2.05) is 24.3 Å². The molecule has 3 rings (SSSR count). The summed E-state index contributed by atoms with van der Waals surface area (Å²) in [6.07, 6.45) is 1.67. The first-order valence-electron chi connectivity index (χ1n) is 5.52. The third-order valence-electron chi connectivity index (χ3n) is 2.77. The lowest BCUT2D eigenvalue weighted by molar-refractivity contribution is 0.277. The maximum atomic E-state index is 9.79. The molecule has 90 valence electrons. The highest BCUT2D eigenvalue weighted by atomic mass is 35.5. The Balaban J connectivity index is 2.36. The Morgan fingerprint density at radius 2 is 2.11 bits per heavy atom. The van der Waals surface area contributed by atoms with Crippen molar-refractivity contribution in [2.45, 2.75) is 0 Å². The minimum Gasteiger partial charge on any atom is -0.508 e. The van der Waals surface area contributed by atoms with Crippen LogP contribution in [-0.2, 0) is 4.74 Å².